The van der Waals surface area contributed by atoms with E-state index >= 15 is 0 Å². The third-order valence-corrected chi connectivity index (χ3v) is 3.26. The summed E-state index contributed by atoms with van der Waals surface area (Å²) in [6.07, 6.45) is 3.91. The van der Waals surface area contributed by atoms with E-state index in [1.807, 2.05) is 20.8 Å². The molecule has 0 saturated heterocycles. The monoisotopic (exact) mass is 256 g/mol. The van der Waals surface area contributed by atoms with Crippen LogP contribution in [0.3, 0.4) is 0 Å². The first kappa shape index (κ1) is 15.0. The smallest absolute Gasteiger partial charge is 0.308 e. The Morgan fingerprint density at radius 1 is 1.11 bits per heavy atom. The first-order valence-corrected chi connectivity index (χ1v) is 6.61. The van der Waals surface area contributed by atoms with Gasteiger partial charge in [0.2, 0.25) is 0 Å². The highest BCUT2D eigenvalue weighted by molar-refractivity contribution is 5.72. The fourth-order valence-electron chi connectivity index (χ4n) is 2.39. The Morgan fingerprint density at radius 2 is 1.67 bits per heavy atom. The molecule has 0 radical (unpaired) electrons. The molecule has 0 aromatic heterocycles. The van der Waals surface area contributed by atoms with Crippen molar-refractivity contribution >= 4 is 11.9 Å². The molecule has 0 aliphatic heterocycles. The zero-order valence-electron chi connectivity index (χ0n) is 11.8. The first-order chi connectivity index (χ1) is 8.31. The minimum Gasteiger partial charge on any atom is -0.469 e. The summed E-state index contributed by atoms with van der Waals surface area (Å²) in [4.78, 5) is 23.1. The van der Waals surface area contributed by atoms with Crippen molar-refractivity contribution in [3.63, 3.8) is 0 Å². The number of esters is 2. The minimum absolute atomic E-state index is 0.0184. The van der Waals surface area contributed by atoms with Crippen LogP contribution in [0.15, 0.2) is 0 Å². The van der Waals surface area contributed by atoms with Gasteiger partial charge in [0.1, 0.15) is 5.60 Å². The van der Waals surface area contributed by atoms with Gasteiger partial charge in [-0.15, -0.1) is 0 Å². The Morgan fingerprint density at radius 3 is 2.11 bits per heavy atom. The summed E-state index contributed by atoms with van der Waals surface area (Å²) in [5, 5.41) is 0. The minimum atomic E-state index is -0.416. The van der Waals surface area contributed by atoms with Gasteiger partial charge in [0, 0.05) is 6.42 Å². The van der Waals surface area contributed by atoms with E-state index in [9.17, 15) is 9.59 Å². The summed E-state index contributed by atoms with van der Waals surface area (Å²) in [5.41, 5.74) is -0.416. The van der Waals surface area contributed by atoms with Crippen molar-refractivity contribution in [2.24, 2.45) is 11.8 Å². The van der Waals surface area contributed by atoms with Gasteiger partial charge in [-0.2, -0.15) is 0 Å². The Labute approximate surface area is 109 Å². The van der Waals surface area contributed by atoms with E-state index in [1.54, 1.807) is 0 Å². The third kappa shape index (κ3) is 5.07. The van der Waals surface area contributed by atoms with Crippen molar-refractivity contribution < 1.29 is 19.1 Å². The van der Waals surface area contributed by atoms with Crippen LogP contribution >= 0.6 is 0 Å². The summed E-state index contributed by atoms with van der Waals surface area (Å²) in [6.45, 7) is 5.62. The molecule has 0 N–H and O–H groups in total. The number of rotatable bonds is 3. The number of ether oxygens (including phenoxy) is 2. The van der Waals surface area contributed by atoms with Gasteiger partial charge in [-0.05, 0) is 52.4 Å². The maximum absolute atomic E-state index is 11.7. The molecule has 0 unspecified atom stereocenters. The summed E-state index contributed by atoms with van der Waals surface area (Å²) >= 11 is 0. The maximum Gasteiger partial charge on any atom is 0.308 e. The van der Waals surface area contributed by atoms with E-state index in [4.69, 9.17) is 9.47 Å². The lowest BCUT2D eigenvalue weighted by Crippen LogP contribution is -2.28. The highest BCUT2D eigenvalue weighted by Gasteiger charge is 2.29. The van der Waals surface area contributed by atoms with E-state index in [0.29, 0.717) is 12.3 Å². The van der Waals surface area contributed by atoms with Crippen LogP contribution in [0.2, 0.25) is 0 Å². The molecule has 1 saturated carbocycles. The maximum atomic E-state index is 11.7. The van der Waals surface area contributed by atoms with Crippen LogP contribution < -0.4 is 0 Å². The zero-order valence-corrected chi connectivity index (χ0v) is 11.8. The van der Waals surface area contributed by atoms with Gasteiger partial charge in [0.05, 0.1) is 13.0 Å². The Bertz CT molecular complexity index is 295. The van der Waals surface area contributed by atoms with Gasteiger partial charge >= 0.3 is 11.9 Å². The lowest BCUT2D eigenvalue weighted by molar-refractivity contribution is -0.156. The number of hydrogen-bond acceptors (Lipinski definition) is 4. The molecule has 1 aliphatic carbocycles. The molecule has 0 bridgehead atoms. The van der Waals surface area contributed by atoms with Gasteiger partial charge < -0.3 is 9.47 Å². The molecule has 0 aromatic rings. The molecule has 0 heterocycles. The van der Waals surface area contributed by atoms with E-state index in [1.165, 1.54) is 7.11 Å². The number of carbonyl (C=O) groups excluding carboxylic acids is 2. The van der Waals surface area contributed by atoms with E-state index in [2.05, 4.69) is 0 Å². The third-order valence-electron chi connectivity index (χ3n) is 3.26. The average molecular weight is 256 g/mol. The molecule has 0 amide bonds. The van der Waals surface area contributed by atoms with E-state index in [-0.39, 0.29) is 17.9 Å². The van der Waals surface area contributed by atoms with Gasteiger partial charge in [-0.25, -0.2) is 0 Å². The normalized spacial score (nSPS) is 24.4. The summed E-state index contributed by atoms with van der Waals surface area (Å²) in [7, 11) is 1.43. The molecule has 1 rings (SSSR count). The van der Waals surface area contributed by atoms with Crippen LogP contribution in [0.1, 0.15) is 52.9 Å². The first-order valence-electron chi connectivity index (χ1n) is 6.61. The number of methoxy groups -OCH3 is 1. The average Bonchev–Trinajstić information content (AvgIpc) is 2.26. The van der Waals surface area contributed by atoms with Crippen LogP contribution in [0.25, 0.3) is 0 Å². The number of carbonyl (C=O) groups is 2. The van der Waals surface area contributed by atoms with Crippen molar-refractivity contribution in [3.8, 4) is 0 Å². The summed E-state index contributed by atoms with van der Waals surface area (Å²) in [5.74, 6) is 0.111. The molecule has 0 aromatic carbocycles. The van der Waals surface area contributed by atoms with Gasteiger partial charge in [0.15, 0.2) is 0 Å². The molecule has 0 spiro atoms. The SMILES string of the molecule is COC(=O)C1CCC(CC(=O)OC(C)(C)C)CC1. The van der Waals surface area contributed by atoms with E-state index < -0.39 is 5.60 Å². The molecular formula is C14H24O4. The van der Waals surface area contributed by atoms with Gasteiger partial charge in [-0.3, -0.25) is 9.59 Å². The molecular weight excluding hydrogens is 232 g/mol. The Kier molecular flexibility index (Phi) is 5.17. The lowest BCUT2D eigenvalue weighted by atomic mass is 9.80. The fourth-order valence-corrected chi connectivity index (χ4v) is 2.39. The van der Waals surface area contributed by atoms with Crippen molar-refractivity contribution in [1.29, 1.82) is 0 Å². The highest BCUT2D eigenvalue weighted by Crippen LogP contribution is 2.32. The molecule has 1 fully saturated rings. The van der Waals surface area contributed by atoms with E-state index in [0.717, 1.165) is 25.7 Å². The van der Waals surface area contributed by atoms with Crippen molar-refractivity contribution in [2.45, 2.75) is 58.5 Å². The Hall–Kier alpha value is -1.06. The fraction of sp³-hybridized carbons (Fsp3) is 0.857. The second kappa shape index (κ2) is 6.21. The van der Waals surface area contributed by atoms with Crippen LogP contribution in [0.5, 0.6) is 0 Å². The van der Waals surface area contributed by atoms with Crippen LogP contribution in [0, 0.1) is 11.8 Å². The predicted octanol–water partition coefficient (Wildman–Crippen LogP) is 2.70. The quantitative estimate of drug-likeness (QED) is 0.728. The zero-order chi connectivity index (χ0) is 13.8. The molecule has 4 nitrogen and oxygen atoms in total. The largest absolute Gasteiger partial charge is 0.469 e. The second-order valence-electron chi connectivity index (χ2n) is 6.03. The van der Waals surface area contributed by atoms with Crippen molar-refractivity contribution in [2.75, 3.05) is 7.11 Å². The van der Waals surface area contributed by atoms with Gasteiger partial charge in [-0.1, -0.05) is 0 Å². The van der Waals surface area contributed by atoms with Crippen molar-refractivity contribution in [3.05, 3.63) is 0 Å². The topological polar surface area (TPSA) is 52.6 Å². The molecule has 18 heavy (non-hydrogen) atoms. The standard InChI is InChI=1S/C14H24O4/c1-14(2,3)18-12(15)9-10-5-7-11(8-6-10)13(16)17-4/h10-11H,5-9H2,1-4H3. The lowest BCUT2D eigenvalue weighted by Gasteiger charge is -2.27. The predicted molar refractivity (Wildman–Crippen MR) is 67.9 cm³/mol. The molecule has 0 atom stereocenters. The summed E-state index contributed by atoms with van der Waals surface area (Å²) < 4.78 is 10.0. The molecule has 104 valence electrons. The van der Waals surface area contributed by atoms with Crippen LogP contribution in [-0.4, -0.2) is 24.6 Å². The van der Waals surface area contributed by atoms with Crippen LogP contribution in [0.4, 0.5) is 0 Å². The Balaban J connectivity index is 2.31. The second-order valence-corrected chi connectivity index (χ2v) is 6.03. The van der Waals surface area contributed by atoms with Crippen molar-refractivity contribution in [1.82, 2.24) is 0 Å². The highest BCUT2D eigenvalue weighted by atomic mass is 16.6. The van der Waals surface area contributed by atoms with Crippen LogP contribution in [-0.2, 0) is 19.1 Å². The van der Waals surface area contributed by atoms with Gasteiger partial charge in [0.25, 0.3) is 0 Å². The summed E-state index contributed by atoms with van der Waals surface area (Å²) in [6, 6.07) is 0. The number of hydrogen-bond donors (Lipinski definition) is 0. The molecule has 1 aliphatic rings. The molecule has 4 heteroatoms.